The van der Waals surface area contributed by atoms with Crippen molar-refractivity contribution in [3.8, 4) is 17.2 Å². The zero-order chi connectivity index (χ0) is 29.0. The second-order valence-electron chi connectivity index (χ2n) is 8.85. The van der Waals surface area contributed by atoms with E-state index in [0.717, 1.165) is 16.0 Å². The molecule has 1 heterocycles. The molecule has 10 nitrogen and oxygen atoms in total. The van der Waals surface area contributed by atoms with Crippen molar-refractivity contribution in [3.63, 3.8) is 0 Å². The van der Waals surface area contributed by atoms with Crippen molar-refractivity contribution in [1.82, 2.24) is 5.32 Å². The average Bonchev–Trinajstić information content (AvgIpc) is 2.92. The minimum absolute atomic E-state index is 0.0808. The number of carbonyl (C=O) groups excluding carboxylic acids is 4. The van der Waals surface area contributed by atoms with E-state index in [1.54, 1.807) is 12.1 Å². The highest BCUT2D eigenvalue weighted by molar-refractivity contribution is 6.39. The van der Waals surface area contributed by atoms with Crippen molar-refractivity contribution in [2.24, 2.45) is 0 Å². The van der Waals surface area contributed by atoms with Gasteiger partial charge in [0.25, 0.3) is 17.7 Å². The van der Waals surface area contributed by atoms with Gasteiger partial charge in [0.1, 0.15) is 11.3 Å². The maximum absolute atomic E-state index is 13.2. The predicted octanol–water partition coefficient (Wildman–Crippen LogP) is 4.66. The van der Waals surface area contributed by atoms with Gasteiger partial charge in [0.15, 0.2) is 18.1 Å². The van der Waals surface area contributed by atoms with Crippen molar-refractivity contribution < 1.29 is 33.4 Å². The van der Waals surface area contributed by atoms with Gasteiger partial charge in [-0.05, 0) is 73.5 Å². The van der Waals surface area contributed by atoms with Crippen LogP contribution in [0.1, 0.15) is 16.7 Å². The van der Waals surface area contributed by atoms with Crippen molar-refractivity contribution in [3.05, 3.63) is 81.9 Å². The lowest BCUT2D eigenvalue weighted by atomic mass is 10.1. The molecule has 1 aliphatic rings. The minimum atomic E-state index is -0.879. The van der Waals surface area contributed by atoms with Gasteiger partial charge in [0.2, 0.25) is 0 Å². The highest BCUT2D eigenvalue weighted by atomic mass is 35.5. The first kappa shape index (κ1) is 28.2. The number of barbiturate groups is 1. The third-order valence-corrected chi connectivity index (χ3v) is 6.28. The largest absolute Gasteiger partial charge is 0.497 e. The number of methoxy groups -OCH3 is 2. The average molecular weight is 564 g/mol. The Labute approximate surface area is 235 Å². The van der Waals surface area contributed by atoms with Crippen molar-refractivity contribution in [2.45, 2.75) is 13.8 Å². The van der Waals surface area contributed by atoms with E-state index >= 15 is 0 Å². The number of urea groups is 1. The van der Waals surface area contributed by atoms with Gasteiger partial charge in [0.05, 0.1) is 24.9 Å². The summed E-state index contributed by atoms with van der Waals surface area (Å²) in [6.45, 7) is 3.51. The summed E-state index contributed by atoms with van der Waals surface area (Å²) < 4.78 is 16.2. The topological polar surface area (TPSA) is 123 Å². The molecule has 11 heteroatoms. The van der Waals surface area contributed by atoms with Gasteiger partial charge in [0, 0.05) is 5.69 Å². The van der Waals surface area contributed by atoms with Crippen LogP contribution in [0.15, 0.2) is 60.2 Å². The lowest BCUT2D eigenvalue weighted by Crippen LogP contribution is -2.54. The third-order valence-electron chi connectivity index (χ3n) is 6.00. The SMILES string of the molecule is COc1ccc(N2C(=O)NC(=O)/C(=C\c3cc(Cl)c(OCC(=O)Nc4ccc(C)cc4C)c(OC)c3)C2=O)cc1. The molecule has 2 N–H and O–H groups in total. The summed E-state index contributed by atoms with van der Waals surface area (Å²) >= 11 is 6.44. The molecule has 40 heavy (non-hydrogen) atoms. The van der Waals surface area contributed by atoms with Crippen LogP contribution in [-0.4, -0.2) is 44.6 Å². The van der Waals surface area contributed by atoms with Gasteiger partial charge < -0.3 is 19.5 Å². The number of rotatable bonds is 8. The summed E-state index contributed by atoms with van der Waals surface area (Å²) in [5.41, 5.74) is 2.93. The van der Waals surface area contributed by atoms with Gasteiger partial charge >= 0.3 is 6.03 Å². The summed E-state index contributed by atoms with van der Waals surface area (Å²) in [5, 5.41) is 5.04. The zero-order valence-electron chi connectivity index (χ0n) is 22.2. The summed E-state index contributed by atoms with van der Waals surface area (Å²) in [4.78, 5) is 51.6. The Morgan fingerprint density at radius 1 is 1.00 bits per heavy atom. The quantitative estimate of drug-likeness (QED) is 0.302. The van der Waals surface area contributed by atoms with E-state index in [2.05, 4.69) is 10.6 Å². The number of benzene rings is 3. The van der Waals surface area contributed by atoms with Gasteiger partial charge in [-0.25, -0.2) is 9.69 Å². The fourth-order valence-corrected chi connectivity index (χ4v) is 4.30. The van der Waals surface area contributed by atoms with Gasteiger partial charge in [-0.2, -0.15) is 0 Å². The summed E-state index contributed by atoms with van der Waals surface area (Å²) in [6, 6.07) is 13.9. The predicted molar refractivity (Wildman–Crippen MR) is 150 cm³/mol. The molecule has 0 bridgehead atoms. The Hall–Kier alpha value is -4.83. The number of nitrogens with zero attached hydrogens (tertiary/aromatic N) is 1. The molecule has 1 aliphatic heterocycles. The van der Waals surface area contributed by atoms with Crippen LogP contribution in [0.3, 0.4) is 0 Å². The second-order valence-corrected chi connectivity index (χ2v) is 9.25. The maximum atomic E-state index is 13.2. The molecule has 1 fully saturated rings. The molecule has 1 saturated heterocycles. The van der Waals surface area contributed by atoms with Crippen molar-refractivity contribution in [2.75, 3.05) is 31.0 Å². The molecule has 0 aromatic heterocycles. The zero-order valence-corrected chi connectivity index (χ0v) is 22.9. The Bertz CT molecular complexity index is 1530. The van der Waals surface area contributed by atoms with Gasteiger partial charge in [-0.1, -0.05) is 29.3 Å². The fourth-order valence-electron chi connectivity index (χ4n) is 4.03. The van der Waals surface area contributed by atoms with E-state index < -0.39 is 23.8 Å². The molecule has 0 unspecified atom stereocenters. The molecule has 5 amide bonds. The number of amides is 5. The first-order valence-electron chi connectivity index (χ1n) is 12.0. The van der Waals surface area contributed by atoms with Crippen molar-refractivity contribution in [1.29, 1.82) is 0 Å². The Kier molecular flexibility index (Phi) is 8.40. The standard InChI is InChI=1S/C29H26ClN3O7/c1-16-5-10-23(17(2)11-16)31-25(34)15-40-26-22(30)13-18(14-24(26)39-4)12-21-27(35)32-29(37)33(28(21)36)19-6-8-20(38-3)9-7-19/h5-14H,15H2,1-4H3,(H,31,34)(H,32,35,37)/b21-12+. The molecule has 3 aromatic carbocycles. The number of hydrogen-bond donors (Lipinski definition) is 2. The third kappa shape index (κ3) is 6.08. The first-order chi connectivity index (χ1) is 19.1. The van der Waals surface area contributed by atoms with Gasteiger partial charge in [-0.15, -0.1) is 0 Å². The smallest absolute Gasteiger partial charge is 0.335 e. The minimum Gasteiger partial charge on any atom is -0.497 e. The molecule has 0 aliphatic carbocycles. The number of hydrogen-bond acceptors (Lipinski definition) is 7. The fraction of sp³-hybridized carbons (Fsp3) is 0.172. The Balaban J connectivity index is 1.55. The van der Waals surface area contributed by atoms with Crippen LogP contribution in [0.5, 0.6) is 17.2 Å². The van der Waals surface area contributed by atoms with E-state index in [-0.39, 0.29) is 34.4 Å². The number of anilines is 2. The van der Waals surface area contributed by atoms with E-state index in [9.17, 15) is 19.2 Å². The highest BCUT2D eigenvalue weighted by Crippen LogP contribution is 2.37. The molecule has 4 rings (SSSR count). The summed E-state index contributed by atoms with van der Waals surface area (Å²) in [5.74, 6) is -1.27. The van der Waals surface area contributed by atoms with Crippen LogP contribution in [0.4, 0.5) is 16.2 Å². The Morgan fingerprint density at radius 2 is 1.73 bits per heavy atom. The van der Waals surface area contributed by atoms with Crippen molar-refractivity contribution >= 4 is 52.8 Å². The van der Waals surface area contributed by atoms with E-state index in [0.29, 0.717) is 17.0 Å². The van der Waals surface area contributed by atoms with Crippen LogP contribution in [0.2, 0.25) is 5.02 Å². The molecule has 0 saturated carbocycles. The number of nitrogens with one attached hydrogen (secondary N) is 2. The highest BCUT2D eigenvalue weighted by Gasteiger charge is 2.37. The second kappa shape index (κ2) is 11.9. The van der Waals surface area contributed by atoms with E-state index in [4.69, 9.17) is 25.8 Å². The lowest BCUT2D eigenvalue weighted by molar-refractivity contribution is -0.122. The van der Waals surface area contributed by atoms with Crippen LogP contribution >= 0.6 is 11.6 Å². The monoisotopic (exact) mass is 563 g/mol. The molecule has 0 atom stereocenters. The number of carbonyl (C=O) groups is 4. The van der Waals surface area contributed by atoms with Crippen LogP contribution < -0.4 is 29.7 Å². The number of halogens is 1. The molecule has 206 valence electrons. The van der Waals surface area contributed by atoms with Gasteiger partial charge in [-0.3, -0.25) is 19.7 Å². The van der Waals surface area contributed by atoms with Crippen LogP contribution in [-0.2, 0) is 14.4 Å². The summed E-state index contributed by atoms with van der Waals surface area (Å²) in [6.07, 6.45) is 1.28. The van der Waals surface area contributed by atoms with E-state index in [1.165, 1.54) is 44.6 Å². The lowest BCUT2D eigenvalue weighted by Gasteiger charge is -2.26. The molecule has 3 aromatic rings. The number of aryl methyl sites for hydroxylation is 2. The van der Waals surface area contributed by atoms with Crippen LogP contribution in [0, 0.1) is 13.8 Å². The maximum Gasteiger partial charge on any atom is 0.335 e. The molecular weight excluding hydrogens is 538 g/mol. The first-order valence-corrected chi connectivity index (χ1v) is 12.4. The molecule has 0 radical (unpaired) electrons. The Morgan fingerprint density at radius 3 is 2.38 bits per heavy atom. The number of ether oxygens (including phenoxy) is 3. The summed E-state index contributed by atoms with van der Waals surface area (Å²) in [7, 11) is 2.87. The molecule has 0 spiro atoms. The molecular formula is C29H26ClN3O7. The normalized spacial score (nSPS) is 14.2. The van der Waals surface area contributed by atoms with Crippen LogP contribution in [0.25, 0.3) is 6.08 Å². The number of imide groups is 2. The van der Waals surface area contributed by atoms with E-state index in [1.807, 2.05) is 32.0 Å².